The van der Waals surface area contributed by atoms with Gasteiger partial charge in [-0.3, -0.25) is 4.90 Å². The minimum Gasteiger partial charge on any atom is -0.492 e. The Kier molecular flexibility index (Phi) is 6.45. The summed E-state index contributed by atoms with van der Waals surface area (Å²) in [6.45, 7) is 5.61. The van der Waals surface area contributed by atoms with Gasteiger partial charge in [-0.2, -0.15) is 0 Å². The van der Waals surface area contributed by atoms with Crippen LogP contribution in [0.25, 0.3) is 0 Å². The third kappa shape index (κ3) is 5.22. The lowest BCUT2D eigenvalue weighted by molar-refractivity contribution is 0.210. The van der Waals surface area contributed by atoms with E-state index in [0.717, 1.165) is 30.9 Å². The van der Waals surface area contributed by atoms with Crippen LogP contribution in [0.2, 0.25) is 0 Å². The number of likely N-dealkylation sites (N-methyl/N-ethyl adjacent to an activating group) is 1. The first kappa shape index (κ1) is 16.0. The Morgan fingerprint density at radius 3 is 2.45 bits per heavy atom. The second kappa shape index (κ2) is 8.85. The highest BCUT2D eigenvalue weighted by Gasteiger charge is 2.04. The monoisotopic (exact) mass is 298 g/mol. The molecule has 116 valence electrons. The van der Waals surface area contributed by atoms with Gasteiger partial charge in [0, 0.05) is 13.1 Å². The lowest BCUT2D eigenvalue weighted by Crippen LogP contribution is -2.27. The van der Waals surface area contributed by atoms with Gasteiger partial charge in [-0.05, 0) is 41.9 Å². The van der Waals surface area contributed by atoms with Crippen LogP contribution >= 0.6 is 0 Å². The molecule has 0 spiro atoms. The number of rotatable bonds is 8. The average molecular weight is 298 g/mol. The van der Waals surface area contributed by atoms with Crippen LogP contribution in [-0.4, -0.2) is 36.0 Å². The smallest absolute Gasteiger partial charge is 0.119 e. The minimum absolute atomic E-state index is 0.647. The van der Waals surface area contributed by atoms with E-state index in [9.17, 15) is 0 Å². The molecular formula is C18H22N2O2. The third-order valence-electron chi connectivity index (χ3n) is 3.46. The molecule has 0 atom stereocenters. The molecule has 2 aromatic rings. The second-order valence-corrected chi connectivity index (χ2v) is 5.02. The van der Waals surface area contributed by atoms with Crippen molar-refractivity contribution >= 4 is 6.21 Å². The molecule has 0 saturated carbocycles. The molecule has 2 rings (SSSR count). The van der Waals surface area contributed by atoms with Gasteiger partial charge in [0.2, 0.25) is 0 Å². The molecule has 0 aliphatic rings. The minimum atomic E-state index is 0.647. The molecule has 0 heterocycles. The lowest BCUT2D eigenvalue weighted by atomic mass is 10.2. The maximum Gasteiger partial charge on any atom is 0.119 e. The molecule has 0 aliphatic heterocycles. The summed E-state index contributed by atoms with van der Waals surface area (Å²) in [6, 6.07) is 17.9. The lowest BCUT2D eigenvalue weighted by Gasteiger charge is -2.20. The topological polar surface area (TPSA) is 45.1 Å². The van der Waals surface area contributed by atoms with E-state index in [1.54, 1.807) is 0 Å². The van der Waals surface area contributed by atoms with Gasteiger partial charge < -0.3 is 9.94 Å². The largest absolute Gasteiger partial charge is 0.492 e. The van der Waals surface area contributed by atoms with Crippen molar-refractivity contribution in [1.82, 2.24) is 4.90 Å². The molecule has 0 saturated heterocycles. The Morgan fingerprint density at radius 1 is 1.09 bits per heavy atom. The quantitative estimate of drug-likeness (QED) is 0.461. The first-order valence-electron chi connectivity index (χ1n) is 7.48. The summed E-state index contributed by atoms with van der Waals surface area (Å²) in [7, 11) is 0. The fourth-order valence-electron chi connectivity index (χ4n) is 2.20. The number of hydrogen-bond donors (Lipinski definition) is 1. The van der Waals surface area contributed by atoms with E-state index in [1.165, 1.54) is 11.8 Å². The highest BCUT2D eigenvalue weighted by atomic mass is 16.5. The van der Waals surface area contributed by atoms with Crippen LogP contribution in [0.3, 0.4) is 0 Å². The molecule has 0 aliphatic carbocycles. The summed E-state index contributed by atoms with van der Waals surface area (Å²) in [5.41, 5.74) is 2.16. The number of ether oxygens (including phenoxy) is 1. The van der Waals surface area contributed by atoms with Crippen molar-refractivity contribution in [2.45, 2.75) is 13.5 Å². The van der Waals surface area contributed by atoms with Crippen molar-refractivity contribution < 1.29 is 9.94 Å². The molecule has 0 amide bonds. The molecule has 4 heteroatoms. The molecule has 0 radical (unpaired) electrons. The normalized spacial score (nSPS) is 11.2. The molecule has 0 aromatic heterocycles. The van der Waals surface area contributed by atoms with E-state index in [1.807, 2.05) is 30.3 Å². The van der Waals surface area contributed by atoms with E-state index >= 15 is 0 Å². The van der Waals surface area contributed by atoms with Crippen LogP contribution in [0.1, 0.15) is 18.1 Å². The zero-order valence-electron chi connectivity index (χ0n) is 12.9. The fraction of sp³-hybridized carbons (Fsp3) is 0.278. The Morgan fingerprint density at radius 2 is 1.82 bits per heavy atom. The van der Waals surface area contributed by atoms with Crippen LogP contribution in [0, 0.1) is 0 Å². The molecule has 0 fully saturated rings. The number of nitrogens with zero attached hydrogens (tertiary/aromatic N) is 2. The summed E-state index contributed by atoms with van der Waals surface area (Å²) in [6.07, 6.45) is 1.39. The predicted molar refractivity (Wildman–Crippen MR) is 88.7 cm³/mol. The van der Waals surface area contributed by atoms with E-state index in [4.69, 9.17) is 9.94 Å². The Bertz CT molecular complexity index is 567. The van der Waals surface area contributed by atoms with Crippen LogP contribution in [0.4, 0.5) is 0 Å². The van der Waals surface area contributed by atoms with Gasteiger partial charge in [0.05, 0.1) is 6.21 Å². The first-order chi connectivity index (χ1) is 10.8. The predicted octanol–water partition coefficient (Wildman–Crippen LogP) is 3.40. The molecule has 4 nitrogen and oxygen atoms in total. The van der Waals surface area contributed by atoms with Gasteiger partial charge in [-0.15, -0.1) is 0 Å². The van der Waals surface area contributed by atoms with Crippen molar-refractivity contribution in [3.63, 3.8) is 0 Å². The molecule has 0 unspecified atom stereocenters. The van der Waals surface area contributed by atoms with Gasteiger partial charge in [-0.25, -0.2) is 0 Å². The van der Waals surface area contributed by atoms with E-state index in [0.29, 0.717) is 6.61 Å². The Hall–Kier alpha value is -2.33. The van der Waals surface area contributed by atoms with Crippen molar-refractivity contribution in [3.05, 3.63) is 65.7 Å². The molecule has 1 N–H and O–H groups in total. The highest BCUT2D eigenvalue weighted by molar-refractivity contribution is 5.79. The molecular weight excluding hydrogens is 276 g/mol. The van der Waals surface area contributed by atoms with Gasteiger partial charge >= 0.3 is 0 Å². The van der Waals surface area contributed by atoms with Crippen LogP contribution in [0.15, 0.2) is 59.8 Å². The first-order valence-corrected chi connectivity index (χ1v) is 7.48. The fourth-order valence-corrected chi connectivity index (χ4v) is 2.20. The van der Waals surface area contributed by atoms with E-state index in [-0.39, 0.29) is 0 Å². The van der Waals surface area contributed by atoms with E-state index in [2.05, 4.69) is 41.2 Å². The average Bonchev–Trinajstić information content (AvgIpc) is 2.57. The number of hydrogen-bond acceptors (Lipinski definition) is 4. The Labute approximate surface area is 131 Å². The second-order valence-electron chi connectivity index (χ2n) is 5.02. The van der Waals surface area contributed by atoms with Gasteiger partial charge in [0.25, 0.3) is 0 Å². The molecule has 0 bridgehead atoms. The van der Waals surface area contributed by atoms with Crippen molar-refractivity contribution in [2.75, 3.05) is 19.7 Å². The maximum absolute atomic E-state index is 8.47. The standard InChI is InChI=1S/C18H22N2O2/c1-2-20(15-17-6-4-3-5-7-17)12-13-22-18-10-8-16(9-11-18)14-19-21/h3-11,14,21H,2,12-13,15H2,1H3/b19-14-. The highest BCUT2D eigenvalue weighted by Crippen LogP contribution is 2.11. The van der Waals surface area contributed by atoms with Crippen LogP contribution in [-0.2, 0) is 6.54 Å². The zero-order valence-corrected chi connectivity index (χ0v) is 12.9. The van der Waals surface area contributed by atoms with Crippen molar-refractivity contribution in [1.29, 1.82) is 0 Å². The summed E-state index contributed by atoms with van der Waals surface area (Å²) < 4.78 is 5.76. The molecule has 2 aromatic carbocycles. The number of oxime groups is 1. The SMILES string of the molecule is CCN(CCOc1ccc(/C=N\O)cc1)Cc1ccccc1. The summed E-state index contributed by atoms with van der Waals surface area (Å²) in [4.78, 5) is 2.35. The van der Waals surface area contributed by atoms with E-state index < -0.39 is 0 Å². The summed E-state index contributed by atoms with van der Waals surface area (Å²) in [5.74, 6) is 0.825. The molecule has 22 heavy (non-hydrogen) atoms. The maximum atomic E-state index is 8.47. The van der Waals surface area contributed by atoms with Gasteiger partial charge in [0.15, 0.2) is 0 Å². The zero-order chi connectivity index (χ0) is 15.6. The third-order valence-corrected chi connectivity index (χ3v) is 3.46. The van der Waals surface area contributed by atoms with Gasteiger partial charge in [-0.1, -0.05) is 42.4 Å². The Balaban J connectivity index is 1.78. The van der Waals surface area contributed by atoms with Gasteiger partial charge in [0.1, 0.15) is 12.4 Å². The van der Waals surface area contributed by atoms with Crippen molar-refractivity contribution in [3.8, 4) is 5.75 Å². The summed E-state index contributed by atoms with van der Waals surface area (Å²) >= 11 is 0. The summed E-state index contributed by atoms with van der Waals surface area (Å²) in [5, 5.41) is 11.5. The number of benzene rings is 2. The van der Waals surface area contributed by atoms with Crippen molar-refractivity contribution in [2.24, 2.45) is 5.16 Å². The van der Waals surface area contributed by atoms with Crippen LogP contribution < -0.4 is 4.74 Å². The van der Waals surface area contributed by atoms with Crippen LogP contribution in [0.5, 0.6) is 5.75 Å².